The van der Waals surface area contributed by atoms with Crippen LogP contribution in [0.3, 0.4) is 0 Å². The summed E-state index contributed by atoms with van der Waals surface area (Å²) in [5.41, 5.74) is 7.12. The fourth-order valence-corrected chi connectivity index (χ4v) is 6.01. The summed E-state index contributed by atoms with van der Waals surface area (Å²) in [7, 11) is 0. The normalized spacial score (nSPS) is 46.5. The van der Waals surface area contributed by atoms with E-state index in [1.54, 1.807) is 0 Å². The van der Waals surface area contributed by atoms with Crippen LogP contribution in [0, 0.1) is 23.7 Å². The van der Waals surface area contributed by atoms with Gasteiger partial charge in [0.2, 0.25) is 0 Å². The lowest BCUT2D eigenvalue weighted by Gasteiger charge is -2.36. The number of aliphatic hydroxyl groups excluding tert-OH is 1. The fraction of sp³-hybridized carbons (Fsp3) is 0.750. The summed E-state index contributed by atoms with van der Waals surface area (Å²) in [6.45, 7) is 10.9. The molecule has 4 rings (SSSR count). The maximum atomic E-state index is 11.0. The predicted molar refractivity (Wildman–Crippen MR) is 134 cm³/mol. The number of carbonyl (C=O) groups is 1. The standard InChI is InChI=1S/C28H43NO6/c1-6-22-15(2)8-12-24(34-22)28(5)27(35-28)16(3)7-9-19-17(4)20(19)10-11-23-26(32)21(29)13-18(33-23)14-25(30)31/h7-11,16-24,26-27,32H,6,12-14,29H2,1-5H3,(H,30,31)/b9-7+,11-10+/t16-,17-,18+,19+,20+,21+,22-,23+,24-,26-,27?,28?/m1/s1. The van der Waals surface area contributed by atoms with E-state index < -0.39 is 30.3 Å². The molecule has 12 atom stereocenters. The van der Waals surface area contributed by atoms with Gasteiger partial charge >= 0.3 is 5.97 Å². The van der Waals surface area contributed by atoms with Crippen LogP contribution in [-0.2, 0) is 19.0 Å². The van der Waals surface area contributed by atoms with Crippen molar-refractivity contribution in [3.8, 4) is 0 Å². The quantitative estimate of drug-likeness (QED) is 0.335. The monoisotopic (exact) mass is 489 g/mol. The van der Waals surface area contributed by atoms with Gasteiger partial charge in [-0.05, 0) is 56.4 Å². The van der Waals surface area contributed by atoms with Crippen molar-refractivity contribution < 1.29 is 29.2 Å². The van der Waals surface area contributed by atoms with Crippen molar-refractivity contribution >= 4 is 5.97 Å². The van der Waals surface area contributed by atoms with Crippen molar-refractivity contribution in [2.24, 2.45) is 29.4 Å². The van der Waals surface area contributed by atoms with E-state index in [2.05, 4.69) is 58.9 Å². The van der Waals surface area contributed by atoms with Crippen molar-refractivity contribution in [2.45, 2.75) is 109 Å². The lowest BCUT2D eigenvalue weighted by Crippen LogP contribution is -2.51. The van der Waals surface area contributed by atoms with E-state index >= 15 is 0 Å². The molecule has 35 heavy (non-hydrogen) atoms. The summed E-state index contributed by atoms with van der Waals surface area (Å²) in [6.07, 6.45) is 11.6. The molecule has 196 valence electrons. The average molecular weight is 490 g/mol. The van der Waals surface area contributed by atoms with Gasteiger partial charge in [0.15, 0.2) is 0 Å². The largest absolute Gasteiger partial charge is 0.481 e. The molecular weight excluding hydrogens is 446 g/mol. The van der Waals surface area contributed by atoms with Gasteiger partial charge in [-0.25, -0.2) is 0 Å². The minimum absolute atomic E-state index is 0.100. The number of hydrogen-bond acceptors (Lipinski definition) is 6. The molecular formula is C28H43NO6. The van der Waals surface area contributed by atoms with Crippen molar-refractivity contribution in [1.82, 2.24) is 0 Å². The molecule has 3 fully saturated rings. The highest BCUT2D eigenvalue weighted by Gasteiger charge is 2.60. The van der Waals surface area contributed by atoms with E-state index in [9.17, 15) is 9.90 Å². The molecule has 1 aliphatic carbocycles. The summed E-state index contributed by atoms with van der Waals surface area (Å²) < 4.78 is 18.4. The first kappa shape index (κ1) is 26.6. The van der Waals surface area contributed by atoms with Gasteiger partial charge in [-0.1, -0.05) is 51.2 Å². The van der Waals surface area contributed by atoms with Crippen LogP contribution in [0.5, 0.6) is 0 Å². The van der Waals surface area contributed by atoms with Gasteiger partial charge in [-0.15, -0.1) is 0 Å². The number of epoxide rings is 1. The van der Waals surface area contributed by atoms with E-state index in [1.165, 1.54) is 5.57 Å². The summed E-state index contributed by atoms with van der Waals surface area (Å²) >= 11 is 0. The SMILES string of the molecule is CC[C@H]1O[C@@H](C2(C)OC2[C@H](C)/C=C/[C@H]2[C@@H](C)[C@@H]2/C=C/[C@@H]2O[C@H](CC(=O)O)C[C@H](N)[C@H]2O)CC=C1C. The van der Waals surface area contributed by atoms with E-state index in [0.29, 0.717) is 30.1 Å². The number of aliphatic carboxylic acids is 1. The summed E-state index contributed by atoms with van der Waals surface area (Å²) in [5.74, 6) is 0.691. The number of ether oxygens (including phenoxy) is 3. The first-order valence-corrected chi connectivity index (χ1v) is 13.2. The maximum Gasteiger partial charge on any atom is 0.305 e. The average Bonchev–Trinajstić information content (AvgIpc) is 3.68. The molecule has 0 aromatic rings. The van der Waals surface area contributed by atoms with Crippen LogP contribution in [0.25, 0.3) is 0 Å². The first-order valence-electron chi connectivity index (χ1n) is 13.2. The van der Waals surface area contributed by atoms with E-state index in [4.69, 9.17) is 25.1 Å². The Labute approximate surface area is 209 Å². The Kier molecular flexibility index (Phi) is 7.94. The zero-order valence-electron chi connectivity index (χ0n) is 21.7. The third-order valence-electron chi connectivity index (χ3n) is 8.61. The first-order chi connectivity index (χ1) is 16.5. The summed E-state index contributed by atoms with van der Waals surface area (Å²) in [5, 5.41) is 19.5. The van der Waals surface area contributed by atoms with Gasteiger partial charge in [-0.3, -0.25) is 4.79 Å². The Morgan fingerprint density at radius 1 is 1.29 bits per heavy atom. The van der Waals surface area contributed by atoms with Crippen molar-refractivity contribution in [2.75, 3.05) is 0 Å². The number of carboxylic acid groups (broad SMARTS) is 1. The van der Waals surface area contributed by atoms with Crippen LogP contribution < -0.4 is 5.73 Å². The molecule has 0 aromatic heterocycles. The third-order valence-corrected chi connectivity index (χ3v) is 8.61. The number of aliphatic hydroxyl groups is 1. The lowest BCUT2D eigenvalue weighted by atomic mass is 9.88. The third kappa shape index (κ3) is 5.75. The van der Waals surface area contributed by atoms with Crippen LogP contribution in [0.4, 0.5) is 0 Å². The zero-order valence-corrected chi connectivity index (χ0v) is 21.7. The summed E-state index contributed by atoms with van der Waals surface area (Å²) in [6, 6.07) is -0.482. The van der Waals surface area contributed by atoms with Crippen molar-refractivity contribution in [1.29, 1.82) is 0 Å². The second-order valence-electron chi connectivity index (χ2n) is 11.3. The molecule has 7 nitrogen and oxygen atoms in total. The molecule has 3 heterocycles. The highest BCUT2D eigenvalue weighted by Crippen LogP contribution is 2.51. The second kappa shape index (κ2) is 10.5. The predicted octanol–water partition coefficient (Wildman–Crippen LogP) is 3.61. The number of allylic oxidation sites excluding steroid dienone is 2. The Morgan fingerprint density at radius 2 is 2.00 bits per heavy atom. The number of rotatable bonds is 9. The van der Waals surface area contributed by atoms with E-state index in [1.807, 2.05) is 6.08 Å². The smallest absolute Gasteiger partial charge is 0.305 e. The molecule has 1 saturated carbocycles. The molecule has 4 aliphatic rings. The van der Waals surface area contributed by atoms with Gasteiger partial charge < -0.3 is 30.2 Å². The van der Waals surface area contributed by atoms with Gasteiger partial charge in [0.1, 0.15) is 11.7 Å². The Balaban J connectivity index is 1.29. The molecule has 2 unspecified atom stereocenters. The molecule has 4 N–H and O–H groups in total. The highest BCUT2D eigenvalue weighted by atomic mass is 16.6. The topological polar surface area (TPSA) is 115 Å². The van der Waals surface area contributed by atoms with Crippen LogP contribution in [0.1, 0.15) is 60.3 Å². The zero-order chi connectivity index (χ0) is 25.5. The van der Waals surface area contributed by atoms with Gasteiger partial charge in [0.25, 0.3) is 0 Å². The minimum atomic E-state index is -0.918. The van der Waals surface area contributed by atoms with E-state index in [-0.39, 0.29) is 30.3 Å². The molecule has 2 saturated heterocycles. The Hall–Kier alpha value is -1.51. The molecule has 0 bridgehead atoms. The Bertz CT molecular complexity index is 870. The number of nitrogens with two attached hydrogens (primary N) is 1. The minimum Gasteiger partial charge on any atom is -0.481 e. The lowest BCUT2D eigenvalue weighted by molar-refractivity contribution is -0.147. The van der Waals surface area contributed by atoms with E-state index in [0.717, 1.165) is 12.8 Å². The molecule has 0 radical (unpaired) electrons. The number of carboxylic acids is 1. The molecule has 0 aromatic carbocycles. The van der Waals surface area contributed by atoms with Crippen LogP contribution in [0.15, 0.2) is 36.0 Å². The molecule has 0 spiro atoms. The van der Waals surface area contributed by atoms with Crippen LogP contribution in [-0.4, -0.2) is 64.4 Å². The molecule has 7 heteroatoms. The van der Waals surface area contributed by atoms with Gasteiger partial charge in [-0.2, -0.15) is 0 Å². The van der Waals surface area contributed by atoms with Gasteiger partial charge in [0.05, 0.1) is 36.9 Å². The molecule has 3 aliphatic heterocycles. The van der Waals surface area contributed by atoms with Crippen molar-refractivity contribution in [3.63, 3.8) is 0 Å². The molecule has 0 amide bonds. The number of hydrogen-bond donors (Lipinski definition) is 3. The Morgan fingerprint density at radius 3 is 2.69 bits per heavy atom. The highest BCUT2D eigenvalue weighted by molar-refractivity contribution is 5.67. The van der Waals surface area contributed by atoms with Gasteiger partial charge in [0, 0.05) is 12.0 Å². The van der Waals surface area contributed by atoms with Crippen LogP contribution >= 0.6 is 0 Å². The maximum absolute atomic E-state index is 11.0. The second-order valence-corrected chi connectivity index (χ2v) is 11.3. The summed E-state index contributed by atoms with van der Waals surface area (Å²) in [4.78, 5) is 11.0. The van der Waals surface area contributed by atoms with Crippen LogP contribution in [0.2, 0.25) is 0 Å². The fourth-order valence-electron chi connectivity index (χ4n) is 6.01. The van der Waals surface area contributed by atoms with Crippen molar-refractivity contribution in [3.05, 3.63) is 36.0 Å².